The minimum atomic E-state index is -0.483. The van der Waals surface area contributed by atoms with Gasteiger partial charge in [0.2, 0.25) is 0 Å². The Morgan fingerprint density at radius 3 is 2.38 bits per heavy atom. The van der Waals surface area contributed by atoms with Crippen molar-refractivity contribution in [3.63, 3.8) is 0 Å². The fourth-order valence-corrected chi connectivity index (χ4v) is 2.26. The summed E-state index contributed by atoms with van der Waals surface area (Å²) in [6.45, 7) is 4.16. The lowest BCUT2D eigenvalue weighted by Gasteiger charge is -2.25. The van der Waals surface area contributed by atoms with Crippen molar-refractivity contribution in [3.8, 4) is 0 Å². The van der Waals surface area contributed by atoms with Gasteiger partial charge in [0.25, 0.3) is 0 Å². The summed E-state index contributed by atoms with van der Waals surface area (Å²) in [4.78, 5) is 12.2. The number of unbranched alkanes of at least 4 members (excludes halogenated alkanes) is 1. The fourth-order valence-electron chi connectivity index (χ4n) is 1.80. The quantitative estimate of drug-likeness (QED) is 0.705. The summed E-state index contributed by atoms with van der Waals surface area (Å²) in [5.41, 5.74) is 1.07. The maximum absolute atomic E-state index is 12.2. The summed E-state index contributed by atoms with van der Waals surface area (Å²) in [5, 5.41) is 0. The van der Waals surface area contributed by atoms with Crippen LogP contribution in [0.2, 0.25) is 0 Å². The molecule has 0 saturated heterocycles. The number of Topliss-reactive ketones (excluding diaryl/α,β-unsaturated/α-hetero) is 1. The first-order valence-corrected chi connectivity index (χ1v) is 6.72. The summed E-state index contributed by atoms with van der Waals surface area (Å²) >= 11 is 3.64. The minimum Gasteiger partial charge on any atom is -0.298 e. The molecule has 0 amide bonds. The number of carbonyl (C=O) groups excluding carboxylic acids is 1. The van der Waals surface area contributed by atoms with E-state index >= 15 is 0 Å². The average Bonchev–Trinajstić information content (AvgIpc) is 2.35. The number of rotatable bonds is 6. The van der Waals surface area contributed by atoms with Crippen LogP contribution in [0.5, 0.6) is 0 Å². The molecule has 1 aromatic carbocycles. The SMILES string of the molecule is CCCCC(=O)C(Br)(CC)c1ccccc1. The van der Waals surface area contributed by atoms with Gasteiger partial charge in [-0.15, -0.1) is 0 Å². The molecule has 0 saturated carbocycles. The molecule has 1 unspecified atom stereocenters. The van der Waals surface area contributed by atoms with Gasteiger partial charge in [-0.3, -0.25) is 4.79 Å². The van der Waals surface area contributed by atoms with Crippen LogP contribution in [0.1, 0.15) is 45.1 Å². The molecule has 16 heavy (non-hydrogen) atoms. The average molecular weight is 283 g/mol. The molecular formula is C14H19BrO. The van der Waals surface area contributed by atoms with Gasteiger partial charge >= 0.3 is 0 Å². The predicted octanol–water partition coefficient (Wildman–Crippen LogP) is 4.45. The zero-order valence-corrected chi connectivity index (χ0v) is 11.6. The number of alkyl halides is 1. The van der Waals surface area contributed by atoms with Gasteiger partial charge in [-0.2, -0.15) is 0 Å². The van der Waals surface area contributed by atoms with Gasteiger partial charge in [0.05, 0.1) is 0 Å². The Morgan fingerprint density at radius 1 is 1.25 bits per heavy atom. The van der Waals surface area contributed by atoms with Crippen molar-refractivity contribution in [2.45, 2.75) is 43.9 Å². The van der Waals surface area contributed by atoms with Crippen LogP contribution in [-0.2, 0) is 9.12 Å². The van der Waals surface area contributed by atoms with Crippen molar-refractivity contribution in [1.82, 2.24) is 0 Å². The predicted molar refractivity (Wildman–Crippen MR) is 71.9 cm³/mol. The first-order chi connectivity index (χ1) is 7.65. The first-order valence-electron chi connectivity index (χ1n) is 5.93. The van der Waals surface area contributed by atoms with E-state index in [0.717, 1.165) is 24.8 Å². The smallest absolute Gasteiger partial charge is 0.153 e. The third-order valence-corrected chi connectivity index (χ3v) is 4.38. The lowest BCUT2D eigenvalue weighted by Crippen LogP contribution is -2.28. The van der Waals surface area contributed by atoms with E-state index in [0.29, 0.717) is 12.2 Å². The van der Waals surface area contributed by atoms with E-state index in [9.17, 15) is 4.79 Å². The molecular weight excluding hydrogens is 264 g/mol. The molecule has 1 rings (SSSR count). The van der Waals surface area contributed by atoms with Gasteiger partial charge in [0.15, 0.2) is 5.78 Å². The van der Waals surface area contributed by atoms with Crippen molar-refractivity contribution in [2.24, 2.45) is 0 Å². The van der Waals surface area contributed by atoms with Gasteiger partial charge in [0, 0.05) is 6.42 Å². The molecule has 2 heteroatoms. The summed E-state index contributed by atoms with van der Waals surface area (Å²) in [6.07, 6.45) is 3.48. The highest BCUT2D eigenvalue weighted by Crippen LogP contribution is 2.37. The van der Waals surface area contributed by atoms with E-state index in [-0.39, 0.29) is 0 Å². The lowest BCUT2D eigenvalue weighted by atomic mass is 9.89. The van der Waals surface area contributed by atoms with Crippen LogP contribution in [0.25, 0.3) is 0 Å². The molecule has 0 fully saturated rings. The molecule has 0 heterocycles. The Labute approximate surface area is 106 Å². The number of halogens is 1. The highest BCUT2D eigenvalue weighted by Gasteiger charge is 2.34. The molecule has 0 aliphatic heterocycles. The maximum Gasteiger partial charge on any atom is 0.153 e. The Kier molecular flexibility index (Phi) is 5.20. The van der Waals surface area contributed by atoms with Crippen LogP contribution in [0.15, 0.2) is 30.3 Å². The molecule has 0 aromatic heterocycles. The van der Waals surface area contributed by atoms with Crippen LogP contribution in [0.4, 0.5) is 0 Å². The first kappa shape index (κ1) is 13.4. The molecule has 1 aromatic rings. The van der Waals surface area contributed by atoms with Crippen LogP contribution in [0, 0.1) is 0 Å². The van der Waals surface area contributed by atoms with E-state index in [1.54, 1.807) is 0 Å². The zero-order chi connectivity index (χ0) is 12.0. The second-order valence-electron chi connectivity index (χ2n) is 4.05. The van der Waals surface area contributed by atoms with Crippen LogP contribution in [-0.4, -0.2) is 5.78 Å². The summed E-state index contributed by atoms with van der Waals surface area (Å²) in [7, 11) is 0. The summed E-state index contributed by atoms with van der Waals surface area (Å²) in [6, 6.07) is 9.97. The van der Waals surface area contributed by atoms with Gasteiger partial charge in [-0.25, -0.2) is 0 Å². The molecule has 0 aliphatic rings. The monoisotopic (exact) mass is 282 g/mol. The molecule has 0 aliphatic carbocycles. The molecule has 1 atom stereocenters. The van der Waals surface area contributed by atoms with E-state index in [4.69, 9.17) is 0 Å². The Bertz CT molecular complexity index is 334. The molecule has 0 radical (unpaired) electrons. The second-order valence-corrected chi connectivity index (χ2v) is 5.40. The third-order valence-electron chi connectivity index (χ3n) is 2.92. The highest BCUT2D eigenvalue weighted by atomic mass is 79.9. The Balaban J connectivity index is 2.89. The van der Waals surface area contributed by atoms with Crippen LogP contribution < -0.4 is 0 Å². The summed E-state index contributed by atoms with van der Waals surface area (Å²) < 4.78 is -0.483. The van der Waals surface area contributed by atoms with Gasteiger partial charge in [0.1, 0.15) is 4.32 Å². The number of ketones is 1. The molecule has 1 nitrogen and oxygen atoms in total. The minimum absolute atomic E-state index is 0.294. The molecule has 0 bridgehead atoms. The van der Waals surface area contributed by atoms with E-state index in [2.05, 4.69) is 22.9 Å². The number of carbonyl (C=O) groups is 1. The zero-order valence-electron chi connectivity index (χ0n) is 10.0. The highest BCUT2D eigenvalue weighted by molar-refractivity contribution is 9.10. The number of hydrogen-bond acceptors (Lipinski definition) is 1. The van der Waals surface area contributed by atoms with Crippen molar-refractivity contribution >= 4 is 21.7 Å². The Morgan fingerprint density at radius 2 is 1.88 bits per heavy atom. The third kappa shape index (κ3) is 2.94. The maximum atomic E-state index is 12.2. The fraction of sp³-hybridized carbons (Fsp3) is 0.500. The normalized spacial score (nSPS) is 14.4. The molecule has 0 N–H and O–H groups in total. The number of hydrogen-bond donors (Lipinski definition) is 0. The van der Waals surface area contributed by atoms with E-state index < -0.39 is 4.32 Å². The topological polar surface area (TPSA) is 17.1 Å². The largest absolute Gasteiger partial charge is 0.298 e. The number of benzene rings is 1. The van der Waals surface area contributed by atoms with Crippen LogP contribution >= 0.6 is 15.9 Å². The molecule has 88 valence electrons. The Hall–Kier alpha value is -0.630. The van der Waals surface area contributed by atoms with Crippen LogP contribution in [0.3, 0.4) is 0 Å². The van der Waals surface area contributed by atoms with Gasteiger partial charge in [-0.1, -0.05) is 66.5 Å². The van der Waals surface area contributed by atoms with Crippen molar-refractivity contribution in [3.05, 3.63) is 35.9 Å². The van der Waals surface area contributed by atoms with Crippen molar-refractivity contribution < 1.29 is 4.79 Å². The van der Waals surface area contributed by atoms with Crippen molar-refractivity contribution in [1.29, 1.82) is 0 Å². The van der Waals surface area contributed by atoms with E-state index in [1.165, 1.54) is 0 Å². The summed E-state index contributed by atoms with van der Waals surface area (Å²) in [5.74, 6) is 0.294. The van der Waals surface area contributed by atoms with Gasteiger partial charge < -0.3 is 0 Å². The molecule has 0 spiro atoms. The lowest BCUT2D eigenvalue weighted by molar-refractivity contribution is -0.121. The van der Waals surface area contributed by atoms with Gasteiger partial charge in [-0.05, 0) is 18.4 Å². The second kappa shape index (κ2) is 6.19. The van der Waals surface area contributed by atoms with E-state index in [1.807, 2.05) is 37.3 Å². The standard InChI is InChI=1S/C14H19BrO/c1-3-5-11-13(16)14(15,4-2)12-9-7-6-8-10-12/h6-10H,3-5,11H2,1-2H3. The van der Waals surface area contributed by atoms with Crippen molar-refractivity contribution in [2.75, 3.05) is 0 Å².